The number of hydrogen-bond acceptors (Lipinski definition) is 3. The molecule has 0 aromatic carbocycles. The predicted molar refractivity (Wildman–Crippen MR) is 80.4 cm³/mol. The Morgan fingerprint density at radius 1 is 0.722 bits per heavy atom. The molecule has 0 aromatic heterocycles. The van der Waals surface area contributed by atoms with Gasteiger partial charge in [-0.3, -0.25) is 4.57 Å². The Morgan fingerprint density at radius 3 is 1.17 bits per heavy atom. The van der Waals surface area contributed by atoms with E-state index in [2.05, 4.69) is 0 Å². The third-order valence-electron chi connectivity index (χ3n) is 1.11. The van der Waals surface area contributed by atoms with Gasteiger partial charge in [0.25, 0.3) is 3.53 Å². The number of halogens is 9. The highest BCUT2D eigenvalue weighted by molar-refractivity contribution is 7.62. The van der Waals surface area contributed by atoms with Crippen molar-refractivity contribution in [2.45, 2.75) is 11.1 Å². The molecule has 0 heterocycles. The van der Waals surface area contributed by atoms with E-state index >= 15 is 0 Å². The number of alkyl halides is 9. The normalized spacial score (nSPS) is 14.9. The van der Waals surface area contributed by atoms with Gasteiger partial charge in [-0.1, -0.05) is 104 Å². The quantitative estimate of drug-likeness (QED) is 0.365. The van der Waals surface area contributed by atoms with Gasteiger partial charge in [-0.15, -0.1) is 0 Å². The number of rotatable bonds is 4. The molecule has 0 atom stereocenters. The summed E-state index contributed by atoms with van der Waals surface area (Å²) < 4.78 is 15.4. The first-order valence-electron chi connectivity index (χ1n) is 3.76. The minimum absolute atomic E-state index is 0.650. The fourth-order valence-corrected chi connectivity index (χ4v) is 3.26. The van der Waals surface area contributed by atoms with Crippen molar-refractivity contribution in [3.63, 3.8) is 0 Å². The SMILES string of the molecule is O=P(OCC(Cl)(Cl)Cl)(OCC(Cl)(Cl)Cl)C(Cl)(Cl)Cl. The molecule has 0 fully saturated rings. The first-order valence-corrected chi connectivity index (χ1v) is 8.70. The van der Waals surface area contributed by atoms with Crippen molar-refractivity contribution in [1.29, 1.82) is 0 Å². The summed E-state index contributed by atoms with van der Waals surface area (Å²) in [7, 11) is -4.31. The molecule has 0 unspecified atom stereocenters. The molecule has 13 heteroatoms. The summed E-state index contributed by atoms with van der Waals surface area (Å²) >= 11 is 48.8. The molecular formula is C5H4Cl9O3P. The highest BCUT2D eigenvalue weighted by atomic mass is 35.6. The third kappa shape index (κ3) is 8.92. The van der Waals surface area contributed by atoms with Gasteiger partial charge >= 0.3 is 7.60 Å². The maximum absolute atomic E-state index is 12.1. The van der Waals surface area contributed by atoms with Gasteiger partial charge < -0.3 is 9.05 Å². The molecule has 0 bridgehead atoms. The Balaban J connectivity index is 4.82. The maximum atomic E-state index is 12.1. The lowest BCUT2D eigenvalue weighted by Gasteiger charge is -2.26. The summed E-state index contributed by atoms with van der Waals surface area (Å²) in [6.45, 7) is -1.30. The third-order valence-corrected chi connectivity index (χ3v) is 5.18. The van der Waals surface area contributed by atoms with Gasteiger partial charge in [0.05, 0.1) is 0 Å². The van der Waals surface area contributed by atoms with Crippen LogP contribution in [-0.4, -0.2) is 24.3 Å². The van der Waals surface area contributed by atoms with Gasteiger partial charge in [-0.05, 0) is 0 Å². The van der Waals surface area contributed by atoms with E-state index in [0.717, 1.165) is 0 Å². The Kier molecular flexibility index (Phi) is 8.48. The van der Waals surface area contributed by atoms with Crippen LogP contribution >= 0.6 is 112 Å². The van der Waals surface area contributed by atoms with Crippen LogP contribution in [0, 0.1) is 0 Å². The van der Waals surface area contributed by atoms with Crippen molar-refractivity contribution >= 4 is 112 Å². The van der Waals surface area contributed by atoms with E-state index in [0.29, 0.717) is 0 Å². The highest BCUT2D eigenvalue weighted by Gasteiger charge is 2.50. The fourth-order valence-electron chi connectivity index (χ4n) is 0.500. The molecular weight excluding hydrogens is 458 g/mol. The van der Waals surface area contributed by atoms with Gasteiger partial charge in [0.15, 0.2) is 0 Å². The van der Waals surface area contributed by atoms with Crippen LogP contribution in [0.25, 0.3) is 0 Å². The second kappa shape index (κ2) is 7.35. The van der Waals surface area contributed by atoms with Crippen LogP contribution in [0.3, 0.4) is 0 Å². The van der Waals surface area contributed by atoms with Crippen molar-refractivity contribution < 1.29 is 13.6 Å². The van der Waals surface area contributed by atoms with Crippen molar-refractivity contribution in [2.24, 2.45) is 0 Å². The molecule has 0 aliphatic heterocycles. The molecule has 0 aliphatic carbocycles. The molecule has 3 nitrogen and oxygen atoms in total. The number of hydrogen-bond donors (Lipinski definition) is 0. The van der Waals surface area contributed by atoms with E-state index in [1.165, 1.54) is 0 Å². The second-order valence-corrected chi connectivity index (χ2v) is 13.0. The van der Waals surface area contributed by atoms with E-state index < -0.39 is 31.9 Å². The van der Waals surface area contributed by atoms with Gasteiger partial charge in [0.1, 0.15) is 13.2 Å². The Labute approximate surface area is 149 Å². The first kappa shape index (κ1) is 20.8. The molecule has 0 saturated carbocycles. The largest absolute Gasteiger partial charge is 0.382 e. The van der Waals surface area contributed by atoms with E-state index in [1.54, 1.807) is 0 Å². The molecule has 110 valence electrons. The van der Waals surface area contributed by atoms with Crippen LogP contribution < -0.4 is 0 Å². The molecule has 0 rings (SSSR count). The molecule has 18 heavy (non-hydrogen) atoms. The average molecular weight is 462 g/mol. The molecule has 0 N–H and O–H groups in total. The minimum Gasteiger partial charge on any atom is -0.301 e. The predicted octanol–water partition coefficient (Wildman–Crippen LogP) is 6.28. The van der Waals surface area contributed by atoms with Crippen molar-refractivity contribution in [3.05, 3.63) is 0 Å². The molecule has 0 amide bonds. The fraction of sp³-hybridized carbons (Fsp3) is 1.00. The van der Waals surface area contributed by atoms with Crippen LogP contribution in [0.2, 0.25) is 0 Å². The zero-order valence-electron chi connectivity index (χ0n) is 7.99. The summed E-state index contributed by atoms with van der Waals surface area (Å²) in [6, 6.07) is 0. The van der Waals surface area contributed by atoms with Crippen LogP contribution in [0.4, 0.5) is 0 Å². The van der Waals surface area contributed by atoms with Gasteiger partial charge in [0.2, 0.25) is 7.59 Å². The lowest BCUT2D eigenvalue weighted by Crippen LogP contribution is -2.21. The van der Waals surface area contributed by atoms with Crippen molar-refractivity contribution in [1.82, 2.24) is 0 Å². The van der Waals surface area contributed by atoms with E-state index in [9.17, 15) is 4.57 Å². The van der Waals surface area contributed by atoms with Gasteiger partial charge in [-0.2, -0.15) is 0 Å². The zero-order valence-corrected chi connectivity index (χ0v) is 15.7. The lowest BCUT2D eigenvalue weighted by molar-refractivity contribution is 0.209. The average Bonchev–Trinajstić information content (AvgIpc) is 2.07. The Bertz CT molecular complexity index is 294. The van der Waals surface area contributed by atoms with E-state index in [1.807, 2.05) is 0 Å². The van der Waals surface area contributed by atoms with Crippen LogP contribution in [0.5, 0.6) is 0 Å². The van der Waals surface area contributed by atoms with Crippen molar-refractivity contribution in [2.75, 3.05) is 13.2 Å². The molecule has 0 aliphatic rings. The van der Waals surface area contributed by atoms with Gasteiger partial charge in [0, 0.05) is 0 Å². The second-order valence-electron chi connectivity index (χ2n) is 2.74. The van der Waals surface area contributed by atoms with E-state index in [-0.39, 0.29) is 0 Å². The molecule has 0 spiro atoms. The zero-order chi connectivity index (χ0) is 14.8. The first-order chi connectivity index (χ1) is 7.66. The molecule has 0 radical (unpaired) electrons. The highest BCUT2D eigenvalue weighted by Crippen LogP contribution is 2.67. The smallest absolute Gasteiger partial charge is 0.301 e. The van der Waals surface area contributed by atoms with Crippen LogP contribution in [0.1, 0.15) is 0 Å². The summed E-state index contributed by atoms with van der Waals surface area (Å²) in [5.74, 6) is 0. The lowest BCUT2D eigenvalue weighted by atomic mass is 10.9. The summed E-state index contributed by atoms with van der Waals surface area (Å²) in [4.78, 5) is 0. The van der Waals surface area contributed by atoms with Crippen LogP contribution in [0.15, 0.2) is 0 Å². The standard InChI is InChI=1S/C5H4Cl9O3P/c6-3(7,8)1-16-18(15,5(12,13)14)17-2-4(9,10)11/h1-2H2. The molecule has 0 aromatic rings. The van der Waals surface area contributed by atoms with Crippen molar-refractivity contribution in [3.8, 4) is 0 Å². The summed E-state index contributed by atoms with van der Waals surface area (Å²) in [6.07, 6.45) is 0. The minimum atomic E-state index is -4.31. The Morgan fingerprint density at radius 2 is 1.00 bits per heavy atom. The van der Waals surface area contributed by atoms with Crippen LogP contribution in [-0.2, 0) is 13.6 Å². The topological polar surface area (TPSA) is 35.5 Å². The monoisotopic (exact) mass is 458 g/mol. The summed E-state index contributed by atoms with van der Waals surface area (Å²) in [5, 5.41) is 0. The summed E-state index contributed by atoms with van der Waals surface area (Å²) in [5.41, 5.74) is 0. The Hall–Kier alpha value is 2.76. The van der Waals surface area contributed by atoms with E-state index in [4.69, 9.17) is 113 Å². The maximum Gasteiger partial charge on any atom is 0.382 e. The molecule has 0 saturated heterocycles. The van der Waals surface area contributed by atoms with Gasteiger partial charge in [-0.25, -0.2) is 0 Å².